The number of hydrogen-bond acceptors (Lipinski definition) is 6. The van der Waals surface area contributed by atoms with Crippen molar-refractivity contribution >= 4 is 23.7 Å². The van der Waals surface area contributed by atoms with Gasteiger partial charge in [-0.1, -0.05) is 30.0 Å². The molecule has 3 rings (SSSR count). The first-order chi connectivity index (χ1) is 13.5. The number of aromatic nitrogens is 4. The lowest BCUT2D eigenvalue weighted by molar-refractivity contribution is -0.119. The van der Waals surface area contributed by atoms with Crippen molar-refractivity contribution in [3.63, 3.8) is 0 Å². The SMILES string of the molecule is CNC(=O)NC(=O)C(C)Sc1nnc(-c2cccnc2)n1-c1ccccc1C. The molecule has 2 heterocycles. The molecular weight excluding hydrogens is 376 g/mol. The number of aryl methyl sites for hydroxylation is 1. The minimum atomic E-state index is -0.550. The summed E-state index contributed by atoms with van der Waals surface area (Å²) in [6.07, 6.45) is 3.41. The van der Waals surface area contributed by atoms with E-state index in [4.69, 9.17) is 0 Å². The molecule has 0 saturated heterocycles. The zero-order valence-electron chi connectivity index (χ0n) is 15.7. The zero-order valence-corrected chi connectivity index (χ0v) is 16.5. The quantitative estimate of drug-likeness (QED) is 0.643. The zero-order chi connectivity index (χ0) is 20.1. The number of carbonyl (C=O) groups is 2. The van der Waals surface area contributed by atoms with Crippen LogP contribution in [0.15, 0.2) is 53.9 Å². The van der Waals surface area contributed by atoms with E-state index in [0.717, 1.165) is 16.8 Å². The molecule has 0 aliphatic rings. The molecule has 3 aromatic rings. The topological polar surface area (TPSA) is 102 Å². The van der Waals surface area contributed by atoms with Crippen LogP contribution >= 0.6 is 11.8 Å². The van der Waals surface area contributed by atoms with Gasteiger partial charge in [-0.3, -0.25) is 19.7 Å². The monoisotopic (exact) mass is 396 g/mol. The molecule has 1 unspecified atom stereocenters. The van der Waals surface area contributed by atoms with Gasteiger partial charge in [0.05, 0.1) is 10.9 Å². The summed E-state index contributed by atoms with van der Waals surface area (Å²) in [5, 5.41) is 13.3. The molecular formula is C19H20N6O2S. The Morgan fingerprint density at radius 3 is 2.61 bits per heavy atom. The number of hydrogen-bond donors (Lipinski definition) is 2. The third-order valence-electron chi connectivity index (χ3n) is 4.02. The van der Waals surface area contributed by atoms with E-state index in [9.17, 15) is 9.59 Å². The van der Waals surface area contributed by atoms with E-state index in [-0.39, 0.29) is 0 Å². The highest BCUT2D eigenvalue weighted by molar-refractivity contribution is 8.00. The fourth-order valence-corrected chi connectivity index (χ4v) is 3.41. The molecule has 3 amide bonds. The summed E-state index contributed by atoms with van der Waals surface area (Å²) in [5.74, 6) is 0.218. The second-order valence-corrected chi connectivity index (χ2v) is 7.31. The number of urea groups is 1. The van der Waals surface area contributed by atoms with Crippen LogP contribution in [0, 0.1) is 6.92 Å². The second-order valence-electron chi connectivity index (χ2n) is 6.00. The van der Waals surface area contributed by atoms with Crippen LogP contribution in [0.2, 0.25) is 0 Å². The molecule has 2 N–H and O–H groups in total. The van der Waals surface area contributed by atoms with Crippen LogP contribution in [0.4, 0.5) is 4.79 Å². The van der Waals surface area contributed by atoms with Crippen molar-refractivity contribution in [2.24, 2.45) is 0 Å². The van der Waals surface area contributed by atoms with Crippen molar-refractivity contribution in [1.29, 1.82) is 0 Å². The van der Waals surface area contributed by atoms with Crippen molar-refractivity contribution in [3.05, 3.63) is 54.4 Å². The Labute approximate surface area is 166 Å². The predicted molar refractivity (Wildman–Crippen MR) is 107 cm³/mol. The average molecular weight is 396 g/mol. The van der Waals surface area contributed by atoms with Gasteiger partial charge >= 0.3 is 6.03 Å². The van der Waals surface area contributed by atoms with Gasteiger partial charge in [0.25, 0.3) is 0 Å². The molecule has 1 atom stereocenters. The number of pyridine rings is 1. The van der Waals surface area contributed by atoms with Gasteiger partial charge in [-0.05, 0) is 37.6 Å². The molecule has 0 fully saturated rings. The van der Waals surface area contributed by atoms with Gasteiger partial charge in [0, 0.05) is 25.0 Å². The number of nitrogens with zero attached hydrogens (tertiary/aromatic N) is 4. The van der Waals surface area contributed by atoms with Crippen molar-refractivity contribution in [2.45, 2.75) is 24.3 Å². The van der Waals surface area contributed by atoms with Crippen molar-refractivity contribution < 1.29 is 9.59 Å². The van der Waals surface area contributed by atoms with Crippen LogP contribution in [0.5, 0.6) is 0 Å². The Hall–Kier alpha value is -3.20. The first kappa shape index (κ1) is 19.6. The molecule has 1 aromatic carbocycles. The number of thioether (sulfide) groups is 1. The summed E-state index contributed by atoms with van der Waals surface area (Å²) in [7, 11) is 1.45. The number of nitrogens with one attached hydrogen (secondary N) is 2. The lowest BCUT2D eigenvalue weighted by Crippen LogP contribution is -2.41. The molecule has 0 saturated carbocycles. The van der Waals surface area contributed by atoms with Crippen LogP contribution < -0.4 is 10.6 Å². The number of rotatable bonds is 5. The van der Waals surface area contributed by atoms with Gasteiger partial charge < -0.3 is 5.32 Å². The van der Waals surface area contributed by atoms with E-state index in [0.29, 0.717) is 11.0 Å². The normalized spacial score (nSPS) is 11.7. The summed E-state index contributed by atoms with van der Waals surface area (Å²) >= 11 is 1.23. The average Bonchev–Trinajstić information content (AvgIpc) is 3.12. The predicted octanol–water partition coefficient (Wildman–Crippen LogP) is 2.57. The van der Waals surface area contributed by atoms with Crippen molar-refractivity contribution in [3.8, 4) is 17.1 Å². The number of amides is 3. The van der Waals surface area contributed by atoms with E-state index < -0.39 is 17.2 Å². The van der Waals surface area contributed by atoms with Crippen LogP contribution in [0.3, 0.4) is 0 Å². The largest absolute Gasteiger partial charge is 0.341 e. The van der Waals surface area contributed by atoms with Crippen molar-refractivity contribution in [2.75, 3.05) is 7.05 Å². The van der Waals surface area contributed by atoms with E-state index >= 15 is 0 Å². The van der Waals surface area contributed by atoms with E-state index in [1.54, 1.807) is 19.3 Å². The Balaban J connectivity index is 2.00. The molecule has 144 valence electrons. The highest BCUT2D eigenvalue weighted by Gasteiger charge is 2.23. The van der Waals surface area contributed by atoms with E-state index in [1.165, 1.54) is 18.8 Å². The van der Waals surface area contributed by atoms with Gasteiger partial charge in [-0.15, -0.1) is 10.2 Å². The number of para-hydroxylation sites is 1. The lowest BCUT2D eigenvalue weighted by atomic mass is 10.2. The molecule has 0 radical (unpaired) electrons. The molecule has 2 aromatic heterocycles. The Morgan fingerprint density at radius 2 is 1.93 bits per heavy atom. The summed E-state index contributed by atoms with van der Waals surface area (Å²) in [6.45, 7) is 3.71. The number of carbonyl (C=O) groups excluding carboxylic acids is 2. The fourth-order valence-electron chi connectivity index (χ4n) is 2.55. The van der Waals surface area contributed by atoms with Crippen molar-refractivity contribution in [1.82, 2.24) is 30.4 Å². The van der Waals surface area contributed by atoms with Gasteiger partial charge in [-0.25, -0.2) is 4.79 Å². The maximum Gasteiger partial charge on any atom is 0.321 e. The maximum absolute atomic E-state index is 12.2. The summed E-state index contributed by atoms with van der Waals surface area (Å²) in [5.41, 5.74) is 2.76. The summed E-state index contributed by atoms with van der Waals surface area (Å²) in [6, 6.07) is 11.1. The standard InChI is InChI=1S/C19H20N6O2S/c1-12-7-4-5-9-15(12)25-16(14-8-6-10-21-11-14)23-24-19(25)28-13(2)17(26)22-18(27)20-3/h4-11,13H,1-3H3,(H2,20,22,26,27). The van der Waals surface area contributed by atoms with Gasteiger partial charge in [0.15, 0.2) is 11.0 Å². The molecule has 0 spiro atoms. The minimum Gasteiger partial charge on any atom is -0.341 e. The molecule has 9 heteroatoms. The van der Waals surface area contributed by atoms with E-state index in [2.05, 4.69) is 25.8 Å². The third kappa shape index (κ3) is 4.20. The first-order valence-electron chi connectivity index (χ1n) is 8.62. The van der Waals surface area contributed by atoms with Crippen LogP contribution in [-0.2, 0) is 4.79 Å². The highest BCUT2D eigenvalue weighted by Crippen LogP contribution is 2.31. The molecule has 0 aliphatic carbocycles. The van der Waals surface area contributed by atoms with Gasteiger partial charge in [0.1, 0.15) is 0 Å². The van der Waals surface area contributed by atoms with Crippen LogP contribution in [0.1, 0.15) is 12.5 Å². The van der Waals surface area contributed by atoms with E-state index in [1.807, 2.05) is 47.9 Å². The smallest absolute Gasteiger partial charge is 0.321 e. The van der Waals surface area contributed by atoms with Crippen LogP contribution in [0.25, 0.3) is 17.1 Å². The Bertz CT molecular complexity index is 989. The number of imide groups is 1. The Morgan fingerprint density at radius 1 is 1.14 bits per heavy atom. The highest BCUT2D eigenvalue weighted by atomic mass is 32.2. The molecule has 0 aliphatic heterocycles. The number of benzene rings is 1. The minimum absolute atomic E-state index is 0.411. The Kier molecular flexibility index (Phi) is 6.05. The van der Waals surface area contributed by atoms with Gasteiger partial charge in [-0.2, -0.15) is 0 Å². The fraction of sp³-hybridized carbons (Fsp3) is 0.211. The van der Waals surface area contributed by atoms with Gasteiger partial charge in [0.2, 0.25) is 5.91 Å². The van der Waals surface area contributed by atoms with Crippen LogP contribution in [-0.4, -0.2) is 44.0 Å². The third-order valence-corrected chi connectivity index (χ3v) is 5.07. The lowest BCUT2D eigenvalue weighted by Gasteiger charge is -2.15. The maximum atomic E-state index is 12.2. The molecule has 8 nitrogen and oxygen atoms in total. The molecule has 0 bridgehead atoms. The summed E-state index contributed by atoms with van der Waals surface area (Å²) in [4.78, 5) is 27.8. The summed E-state index contributed by atoms with van der Waals surface area (Å²) < 4.78 is 1.90. The first-order valence-corrected chi connectivity index (χ1v) is 9.50. The molecule has 28 heavy (non-hydrogen) atoms. The second kappa shape index (κ2) is 8.66.